The maximum absolute atomic E-state index is 12.1. The number of piperidine rings is 1. The number of carbonyl (C=O) groups excluding carboxylic acids is 1. The van der Waals surface area contributed by atoms with Crippen LogP contribution in [0.5, 0.6) is 0 Å². The Morgan fingerprint density at radius 3 is 2.55 bits per heavy atom. The summed E-state index contributed by atoms with van der Waals surface area (Å²) in [6.07, 6.45) is 1.42. The fourth-order valence-corrected chi connectivity index (χ4v) is 2.86. The van der Waals surface area contributed by atoms with Gasteiger partial charge in [-0.3, -0.25) is 4.79 Å². The molecule has 5 nitrogen and oxygen atoms in total. The zero-order valence-corrected chi connectivity index (χ0v) is 13.6. The minimum absolute atomic E-state index is 0.119. The van der Waals surface area contributed by atoms with Gasteiger partial charge in [0.1, 0.15) is 0 Å². The molecule has 122 valence electrons. The van der Waals surface area contributed by atoms with Gasteiger partial charge in [0.2, 0.25) is 5.91 Å². The number of aliphatic hydroxyl groups excluding tert-OH is 1. The van der Waals surface area contributed by atoms with Crippen molar-refractivity contribution in [1.29, 1.82) is 0 Å². The highest BCUT2D eigenvalue weighted by atomic mass is 16.3. The Morgan fingerprint density at radius 1 is 1.27 bits per heavy atom. The first-order valence-electron chi connectivity index (χ1n) is 8.19. The Hall–Kier alpha value is -1.75. The number of carbonyl (C=O) groups is 1. The summed E-state index contributed by atoms with van der Waals surface area (Å²) in [4.78, 5) is 16.2. The van der Waals surface area contributed by atoms with Crippen LogP contribution in [0.1, 0.15) is 26.7 Å². The largest absolute Gasteiger partial charge is 0.393 e. The van der Waals surface area contributed by atoms with E-state index in [9.17, 15) is 9.90 Å². The van der Waals surface area contributed by atoms with E-state index in [2.05, 4.69) is 16.3 Å². The molecule has 1 fully saturated rings. The normalized spacial score (nSPS) is 15.7. The Kier molecular flexibility index (Phi) is 6.07. The van der Waals surface area contributed by atoms with E-state index < -0.39 is 0 Å². The number of rotatable bonds is 6. The second-order valence-electron chi connectivity index (χ2n) is 5.65. The molecule has 22 heavy (non-hydrogen) atoms. The molecule has 0 aromatic heterocycles. The first-order valence-corrected chi connectivity index (χ1v) is 8.19. The molecule has 1 aliphatic heterocycles. The minimum Gasteiger partial charge on any atom is -0.393 e. The topological polar surface area (TPSA) is 55.8 Å². The first kappa shape index (κ1) is 16.6. The van der Waals surface area contributed by atoms with E-state index in [-0.39, 0.29) is 12.0 Å². The number of nitrogens with zero attached hydrogens (tertiary/aromatic N) is 2. The van der Waals surface area contributed by atoms with Crippen LogP contribution in [0.25, 0.3) is 0 Å². The van der Waals surface area contributed by atoms with E-state index in [1.807, 2.05) is 36.9 Å². The van der Waals surface area contributed by atoms with Gasteiger partial charge in [-0.25, -0.2) is 0 Å². The van der Waals surface area contributed by atoms with Crippen molar-refractivity contribution in [2.45, 2.75) is 32.8 Å². The average Bonchev–Trinajstić information content (AvgIpc) is 2.55. The number of amides is 1. The molecule has 1 amide bonds. The summed E-state index contributed by atoms with van der Waals surface area (Å²) in [6.45, 7) is 7.48. The van der Waals surface area contributed by atoms with Crippen LogP contribution < -0.4 is 10.2 Å². The van der Waals surface area contributed by atoms with Gasteiger partial charge >= 0.3 is 0 Å². The van der Waals surface area contributed by atoms with Gasteiger partial charge in [0.15, 0.2) is 0 Å². The quantitative estimate of drug-likeness (QED) is 0.843. The maximum atomic E-state index is 12.1. The monoisotopic (exact) mass is 305 g/mol. The van der Waals surface area contributed by atoms with Crippen molar-refractivity contribution in [3.05, 3.63) is 24.3 Å². The minimum atomic E-state index is -0.180. The molecule has 1 heterocycles. The van der Waals surface area contributed by atoms with Gasteiger partial charge in [0, 0.05) is 26.2 Å². The molecular weight excluding hydrogens is 278 g/mol. The lowest BCUT2D eigenvalue weighted by Crippen LogP contribution is -2.37. The Labute approximate surface area is 132 Å². The second-order valence-corrected chi connectivity index (χ2v) is 5.65. The third-order valence-electron chi connectivity index (χ3n) is 4.26. The standard InChI is InChI=1S/C17H27N3O2/c1-3-19(4-2)17(22)13-18-15-7-5-6-8-16(15)20-11-9-14(21)10-12-20/h5-8,14,18,21H,3-4,9-13H2,1-2H3. The predicted molar refractivity (Wildman–Crippen MR) is 90.3 cm³/mol. The molecule has 2 rings (SSSR count). The van der Waals surface area contributed by atoms with Gasteiger partial charge in [0.25, 0.3) is 0 Å². The van der Waals surface area contributed by atoms with Gasteiger partial charge < -0.3 is 20.2 Å². The number of likely N-dealkylation sites (N-methyl/N-ethyl adjacent to an activating group) is 1. The molecule has 1 aromatic carbocycles. The van der Waals surface area contributed by atoms with E-state index in [4.69, 9.17) is 0 Å². The number of aliphatic hydroxyl groups is 1. The van der Waals surface area contributed by atoms with Crippen LogP contribution >= 0.6 is 0 Å². The average molecular weight is 305 g/mol. The molecule has 0 aliphatic carbocycles. The summed E-state index contributed by atoms with van der Waals surface area (Å²) in [7, 11) is 0. The van der Waals surface area contributed by atoms with Crippen LogP contribution in [0.15, 0.2) is 24.3 Å². The Balaban J connectivity index is 2.01. The van der Waals surface area contributed by atoms with E-state index in [0.717, 1.165) is 50.4 Å². The fraction of sp³-hybridized carbons (Fsp3) is 0.588. The molecular formula is C17H27N3O2. The molecule has 0 atom stereocenters. The van der Waals surface area contributed by atoms with Crippen molar-refractivity contribution in [3.63, 3.8) is 0 Å². The summed E-state index contributed by atoms with van der Waals surface area (Å²) >= 11 is 0. The number of nitrogens with one attached hydrogen (secondary N) is 1. The van der Waals surface area contributed by atoms with Crippen LogP contribution in [0.2, 0.25) is 0 Å². The first-order chi connectivity index (χ1) is 10.7. The highest BCUT2D eigenvalue weighted by molar-refractivity contribution is 5.82. The third kappa shape index (κ3) is 4.13. The van der Waals surface area contributed by atoms with Crippen LogP contribution in [-0.2, 0) is 4.79 Å². The number of anilines is 2. The van der Waals surface area contributed by atoms with Crippen molar-refractivity contribution < 1.29 is 9.90 Å². The Morgan fingerprint density at radius 2 is 1.91 bits per heavy atom. The summed E-state index contributed by atoms with van der Waals surface area (Å²) in [5, 5.41) is 12.9. The van der Waals surface area contributed by atoms with Crippen molar-refractivity contribution >= 4 is 17.3 Å². The summed E-state index contributed by atoms with van der Waals surface area (Å²) < 4.78 is 0. The predicted octanol–water partition coefficient (Wildman–Crippen LogP) is 1.93. The van der Waals surface area contributed by atoms with Crippen LogP contribution in [-0.4, -0.2) is 54.7 Å². The number of hydrogen-bond donors (Lipinski definition) is 2. The van der Waals surface area contributed by atoms with Gasteiger partial charge in [0.05, 0.1) is 24.0 Å². The van der Waals surface area contributed by atoms with Crippen LogP contribution in [0.4, 0.5) is 11.4 Å². The second kappa shape index (κ2) is 8.03. The van der Waals surface area contributed by atoms with Gasteiger partial charge in [-0.05, 0) is 38.8 Å². The zero-order valence-electron chi connectivity index (χ0n) is 13.6. The molecule has 0 saturated carbocycles. The maximum Gasteiger partial charge on any atom is 0.241 e. The SMILES string of the molecule is CCN(CC)C(=O)CNc1ccccc1N1CCC(O)CC1. The lowest BCUT2D eigenvalue weighted by Gasteiger charge is -2.33. The van der Waals surface area contributed by atoms with Crippen molar-refractivity contribution in [2.75, 3.05) is 42.9 Å². The van der Waals surface area contributed by atoms with Gasteiger partial charge in [-0.15, -0.1) is 0 Å². The van der Waals surface area contributed by atoms with Gasteiger partial charge in [-0.2, -0.15) is 0 Å². The third-order valence-corrected chi connectivity index (χ3v) is 4.26. The molecule has 0 bridgehead atoms. The highest BCUT2D eigenvalue weighted by Crippen LogP contribution is 2.28. The highest BCUT2D eigenvalue weighted by Gasteiger charge is 2.19. The molecule has 0 radical (unpaired) electrons. The lowest BCUT2D eigenvalue weighted by molar-refractivity contribution is -0.128. The molecule has 0 unspecified atom stereocenters. The van der Waals surface area contributed by atoms with E-state index >= 15 is 0 Å². The summed E-state index contributed by atoms with van der Waals surface area (Å²) in [6, 6.07) is 8.07. The molecule has 1 aliphatic rings. The molecule has 0 spiro atoms. The van der Waals surface area contributed by atoms with Crippen LogP contribution in [0, 0.1) is 0 Å². The Bertz CT molecular complexity index is 481. The van der Waals surface area contributed by atoms with Crippen molar-refractivity contribution in [2.24, 2.45) is 0 Å². The number of benzene rings is 1. The molecule has 1 saturated heterocycles. The van der Waals surface area contributed by atoms with E-state index in [1.54, 1.807) is 0 Å². The molecule has 5 heteroatoms. The van der Waals surface area contributed by atoms with Crippen molar-refractivity contribution in [1.82, 2.24) is 4.90 Å². The van der Waals surface area contributed by atoms with Gasteiger partial charge in [-0.1, -0.05) is 12.1 Å². The summed E-state index contributed by atoms with van der Waals surface area (Å²) in [5.74, 6) is 0.119. The zero-order chi connectivity index (χ0) is 15.9. The number of para-hydroxylation sites is 2. The number of hydrogen-bond acceptors (Lipinski definition) is 4. The smallest absolute Gasteiger partial charge is 0.241 e. The lowest BCUT2D eigenvalue weighted by atomic mass is 10.1. The molecule has 2 N–H and O–H groups in total. The van der Waals surface area contributed by atoms with Crippen molar-refractivity contribution in [3.8, 4) is 0 Å². The van der Waals surface area contributed by atoms with E-state index in [1.165, 1.54) is 0 Å². The fourth-order valence-electron chi connectivity index (χ4n) is 2.86. The molecule has 1 aromatic rings. The van der Waals surface area contributed by atoms with Crippen LogP contribution in [0.3, 0.4) is 0 Å². The van der Waals surface area contributed by atoms with E-state index in [0.29, 0.717) is 6.54 Å². The summed E-state index contributed by atoms with van der Waals surface area (Å²) in [5.41, 5.74) is 2.10.